The number of fused-ring (bicyclic) bond motifs is 2. The zero-order chi connectivity index (χ0) is 31.8. The second kappa shape index (κ2) is 12.3. The van der Waals surface area contributed by atoms with Gasteiger partial charge in [-0.2, -0.15) is 4.31 Å². The van der Waals surface area contributed by atoms with Crippen molar-refractivity contribution in [2.45, 2.75) is 44.7 Å². The number of hydrogen-bond donors (Lipinski definition) is 3. The first kappa shape index (κ1) is 31.1. The van der Waals surface area contributed by atoms with Gasteiger partial charge in [0.1, 0.15) is 16.7 Å². The number of aliphatic hydroxyl groups excluding tert-OH is 1. The number of sulfonamides is 1. The molecular formula is C29H35N5O9S. The van der Waals surface area contributed by atoms with Crippen molar-refractivity contribution < 1.29 is 41.8 Å². The molecule has 236 valence electrons. The van der Waals surface area contributed by atoms with Crippen molar-refractivity contribution in [3.8, 4) is 17.2 Å². The first-order valence-electron chi connectivity index (χ1n) is 14.0. The Bertz CT molecular complexity index is 1660. The van der Waals surface area contributed by atoms with E-state index in [1.807, 2.05) is 6.92 Å². The third kappa shape index (κ3) is 6.02. The zero-order valence-electron chi connectivity index (χ0n) is 25.0. The molecule has 0 bridgehead atoms. The number of ether oxygens (including phenoxy) is 3. The number of para-hydroxylation sites is 1. The number of nitrogens with one attached hydrogen (secondary N) is 2. The number of aryl methyl sites for hydroxylation is 2. The van der Waals surface area contributed by atoms with Gasteiger partial charge in [-0.15, -0.1) is 0 Å². The van der Waals surface area contributed by atoms with Gasteiger partial charge in [0.2, 0.25) is 16.8 Å². The normalized spacial score (nSPS) is 18.7. The summed E-state index contributed by atoms with van der Waals surface area (Å²) in [6, 6.07) is 8.55. The van der Waals surface area contributed by atoms with Gasteiger partial charge in [-0.1, -0.05) is 18.1 Å². The van der Waals surface area contributed by atoms with Crippen molar-refractivity contribution in [3.63, 3.8) is 0 Å². The number of carbonyl (C=O) groups is 2. The minimum absolute atomic E-state index is 0.0212. The molecule has 0 saturated heterocycles. The lowest BCUT2D eigenvalue weighted by Gasteiger charge is -2.38. The van der Waals surface area contributed by atoms with Gasteiger partial charge < -0.3 is 39.4 Å². The van der Waals surface area contributed by atoms with Gasteiger partial charge in [0.25, 0.3) is 5.91 Å². The lowest BCUT2D eigenvalue weighted by Crippen LogP contribution is -2.50. The van der Waals surface area contributed by atoms with E-state index >= 15 is 0 Å². The van der Waals surface area contributed by atoms with Crippen molar-refractivity contribution in [2.24, 2.45) is 5.92 Å². The predicted molar refractivity (Wildman–Crippen MR) is 159 cm³/mol. The summed E-state index contributed by atoms with van der Waals surface area (Å²) >= 11 is 0. The summed E-state index contributed by atoms with van der Waals surface area (Å²) in [7, 11) is -2.58. The predicted octanol–water partition coefficient (Wildman–Crippen LogP) is 3.20. The van der Waals surface area contributed by atoms with Crippen molar-refractivity contribution in [1.82, 2.24) is 14.4 Å². The highest BCUT2D eigenvalue weighted by molar-refractivity contribution is 7.89. The lowest BCUT2D eigenvalue weighted by atomic mass is 9.99. The van der Waals surface area contributed by atoms with Gasteiger partial charge in [0.15, 0.2) is 23.0 Å². The largest absolute Gasteiger partial charge is 0.486 e. The van der Waals surface area contributed by atoms with E-state index in [-0.39, 0.29) is 65.8 Å². The average Bonchev–Trinajstić information content (AvgIpc) is 3.59. The van der Waals surface area contributed by atoms with E-state index < -0.39 is 34.1 Å². The zero-order valence-corrected chi connectivity index (χ0v) is 25.8. The summed E-state index contributed by atoms with van der Waals surface area (Å²) in [5, 5.41) is 19.2. The molecule has 15 heteroatoms. The summed E-state index contributed by atoms with van der Waals surface area (Å²) in [4.78, 5) is 28.3. The first-order chi connectivity index (χ1) is 20.9. The Labute approximate surface area is 254 Å². The monoisotopic (exact) mass is 629 g/mol. The molecule has 2 aliphatic rings. The molecule has 0 radical (unpaired) electrons. The number of anilines is 2. The fourth-order valence-electron chi connectivity index (χ4n) is 5.17. The maximum Gasteiger partial charge on any atom is 0.323 e. The molecule has 1 aromatic heterocycles. The number of carbonyl (C=O) groups excluding carboxylic acids is 2. The second-order valence-electron chi connectivity index (χ2n) is 10.9. The standard InChI is InChI=1S/C29H35N5O9S/c1-16-12-34(17(2)14-35)28(36)21-7-6-8-22(31-29(37)30-20-9-10-23-24(11-20)41-15-40-23)26(21)42-25(16)13-33(5)44(38,39)27-18(3)32-43-19(27)4/h6-11,16-17,25,35H,12-15H2,1-5H3,(H2,30,31,37)/t16-,17+,25+/m0/s1. The number of hydrogen-bond acceptors (Lipinski definition) is 10. The minimum atomic E-state index is -4.01. The Morgan fingerprint density at radius 3 is 2.64 bits per heavy atom. The molecule has 0 unspecified atom stereocenters. The van der Waals surface area contributed by atoms with E-state index in [9.17, 15) is 23.1 Å². The number of amides is 3. The molecule has 2 aromatic carbocycles. The molecule has 0 saturated carbocycles. The first-order valence-corrected chi connectivity index (χ1v) is 15.4. The van der Waals surface area contributed by atoms with Crippen LogP contribution in [0, 0.1) is 19.8 Å². The summed E-state index contributed by atoms with van der Waals surface area (Å²) < 4.78 is 50.4. The molecule has 3 aromatic rings. The highest BCUT2D eigenvalue weighted by Gasteiger charge is 2.37. The molecule has 0 aliphatic carbocycles. The maximum absolute atomic E-state index is 13.7. The quantitative estimate of drug-likeness (QED) is 0.336. The van der Waals surface area contributed by atoms with Crippen molar-refractivity contribution in [3.05, 3.63) is 53.4 Å². The van der Waals surface area contributed by atoms with Crippen LogP contribution in [0.3, 0.4) is 0 Å². The number of urea groups is 1. The van der Waals surface area contributed by atoms with Crippen LogP contribution in [0.1, 0.15) is 35.7 Å². The lowest BCUT2D eigenvalue weighted by molar-refractivity contribution is 0.0389. The van der Waals surface area contributed by atoms with E-state index in [2.05, 4.69) is 15.8 Å². The van der Waals surface area contributed by atoms with E-state index in [1.54, 1.807) is 50.2 Å². The number of rotatable bonds is 8. The molecule has 0 fully saturated rings. The van der Waals surface area contributed by atoms with Crippen molar-refractivity contribution >= 4 is 33.3 Å². The third-order valence-electron chi connectivity index (χ3n) is 7.64. The molecular weight excluding hydrogens is 594 g/mol. The van der Waals surface area contributed by atoms with Crippen molar-refractivity contribution in [2.75, 3.05) is 44.2 Å². The molecule has 0 spiro atoms. The Hall–Kier alpha value is -4.34. The van der Waals surface area contributed by atoms with Gasteiger partial charge in [-0.25, -0.2) is 13.2 Å². The second-order valence-corrected chi connectivity index (χ2v) is 12.9. The molecule has 3 heterocycles. The van der Waals surface area contributed by atoms with Gasteiger partial charge in [0.05, 0.1) is 30.4 Å². The molecule has 2 aliphatic heterocycles. The van der Waals surface area contributed by atoms with E-state index in [1.165, 1.54) is 18.9 Å². The number of benzene rings is 2. The number of nitrogens with zero attached hydrogens (tertiary/aromatic N) is 3. The van der Waals surface area contributed by atoms with Crippen LogP contribution in [0.15, 0.2) is 45.8 Å². The Morgan fingerprint density at radius 1 is 1.18 bits per heavy atom. The van der Waals surface area contributed by atoms with Crippen LogP contribution >= 0.6 is 0 Å². The SMILES string of the molecule is Cc1noc(C)c1S(=O)(=O)N(C)C[C@H]1Oc2c(NC(=O)Nc3ccc4c(c3)OCO4)cccc2C(=O)N([C@H](C)CO)C[C@@H]1C. The van der Waals surface area contributed by atoms with E-state index in [0.29, 0.717) is 17.2 Å². The van der Waals surface area contributed by atoms with Crippen molar-refractivity contribution in [1.29, 1.82) is 0 Å². The van der Waals surface area contributed by atoms with Crippen LogP contribution < -0.4 is 24.8 Å². The smallest absolute Gasteiger partial charge is 0.323 e. The Morgan fingerprint density at radius 2 is 1.93 bits per heavy atom. The van der Waals surface area contributed by atoms with Gasteiger partial charge >= 0.3 is 6.03 Å². The molecule has 3 amide bonds. The number of aromatic nitrogens is 1. The molecule has 3 N–H and O–H groups in total. The van der Waals surface area contributed by atoms with Crippen LogP contribution in [0.2, 0.25) is 0 Å². The molecule has 44 heavy (non-hydrogen) atoms. The fourth-order valence-corrected chi connectivity index (χ4v) is 6.63. The highest BCUT2D eigenvalue weighted by atomic mass is 32.2. The summed E-state index contributed by atoms with van der Waals surface area (Å²) in [6.07, 6.45) is -0.768. The van der Waals surface area contributed by atoms with Crippen LogP contribution in [0.25, 0.3) is 0 Å². The highest BCUT2D eigenvalue weighted by Crippen LogP contribution is 2.37. The van der Waals surface area contributed by atoms with Gasteiger partial charge in [-0.05, 0) is 45.0 Å². The van der Waals surface area contributed by atoms with Gasteiger partial charge in [-0.3, -0.25) is 4.79 Å². The fraction of sp³-hybridized carbons (Fsp3) is 0.414. The molecule has 3 atom stereocenters. The number of likely N-dealkylation sites (N-methyl/N-ethyl adjacent to an activating group) is 1. The Kier molecular flexibility index (Phi) is 8.72. The van der Waals surface area contributed by atoms with Crippen LogP contribution in [-0.4, -0.2) is 85.5 Å². The molecule has 5 rings (SSSR count). The number of aliphatic hydroxyl groups is 1. The summed E-state index contributed by atoms with van der Waals surface area (Å²) in [5.74, 6) is 0.512. The maximum atomic E-state index is 13.7. The van der Waals surface area contributed by atoms with E-state index in [0.717, 1.165) is 4.31 Å². The van der Waals surface area contributed by atoms with Gasteiger partial charge in [0, 0.05) is 31.3 Å². The third-order valence-corrected chi connectivity index (χ3v) is 9.71. The molecule has 14 nitrogen and oxygen atoms in total. The van der Waals surface area contributed by atoms with E-state index in [4.69, 9.17) is 18.7 Å². The Balaban J connectivity index is 1.46. The topological polar surface area (TPSA) is 173 Å². The summed E-state index contributed by atoms with van der Waals surface area (Å²) in [6.45, 7) is 6.52. The van der Waals surface area contributed by atoms with Crippen LogP contribution in [-0.2, 0) is 10.0 Å². The van der Waals surface area contributed by atoms with Crippen LogP contribution in [0.5, 0.6) is 17.2 Å². The van der Waals surface area contributed by atoms with Crippen LogP contribution in [0.4, 0.5) is 16.2 Å². The average molecular weight is 630 g/mol. The minimum Gasteiger partial charge on any atom is -0.486 e. The summed E-state index contributed by atoms with van der Waals surface area (Å²) in [5.41, 5.74) is 1.03.